The second kappa shape index (κ2) is 24.0. The van der Waals surface area contributed by atoms with Gasteiger partial charge in [0, 0.05) is 38.8 Å². The molecular weight excluding hydrogens is 721 g/mol. The molecule has 0 aromatic rings. The average molecular weight is 804 g/mol. The lowest BCUT2D eigenvalue weighted by atomic mass is 9.79. The zero-order valence-electron chi connectivity index (χ0n) is 36.0. The van der Waals surface area contributed by atoms with Crippen LogP contribution in [0.15, 0.2) is 12.2 Å². The molecular formula is C45H83N6O6+. The van der Waals surface area contributed by atoms with E-state index in [1.54, 1.807) is 4.90 Å². The van der Waals surface area contributed by atoms with E-state index in [0.29, 0.717) is 51.7 Å². The molecule has 1 amide bonds. The highest BCUT2D eigenvalue weighted by Gasteiger charge is 2.66. The van der Waals surface area contributed by atoms with E-state index in [-0.39, 0.29) is 48.1 Å². The van der Waals surface area contributed by atoms with Crippen molar-refractivity contribution in [2.24, 2.45) is 17.4 Å². The van der Waals surface area contributed by atoms with Gasteiger partial charge in [-0.1, -0.05) is 89.7 Å². The Morgan fingerprint density at radius 2 is 1.61 bits per heavy atom. The second-order valence-corrected chi connectivity index (χ2v) is 18.2. The van der Waals surface area contributed by atoms with Crippen molar-refractivity contribution in [2.45, 2.75) is 223 Å². The number of aliphatic hydroxyl groups excluding tert-OH is 1. The zero-order chi connectivity index (χ0) is 40.5. The smallest absolute Gasteiger partial charge is 0.319 e. The Labute approximate surface area is 345 Å². The van der Waals surface area contributed by atoms with Gasteiger partial charge in [-0.05, 0) is 84.2 Å². The average Bonchev–Trinajstić information content (AvgIpc) is 3.49. The van der Waals surface area contributed by atoms with Crippen LogP contribution in [0.4, 0.5) is 0 Å². The number of carbonyl (C=O) groups excluding carboxylic acids is 2. The molecule has 0 aromatic heterocycles. The number of nitrogens with two attached hydrogens (primary N) is 2. The number of esters is 1. The molecule has 5 aliphatic heterocycles. The fraction of sp³-hybridized carbons (Fsp3) is 0.911. The number of nitrogens with zero attached hydrogens (tertiary/aromatic N) is 1. The SMILES string of the molecule is CC[C@H]1C=CCC[C@@]2(C[C@@H]3CC[C@@H]4[C@H](C(=O)OCCCCCCCCCCCCCCCC(=O)N(CCCN)C[C@@H](O)CCN)[C@]5(CCC[C@@H](C)O5)NC(N2)[NH+]34)O1. The summed E-state index contributed by atoms with van der Waals surface area (Å²) in [7, 11) is 0. The lowest BCUT2D eigenvalue weighted by Gasteiger charge is -2.58. The summed E-state index contributed by atoms with van der Waals surface area (Å²) in [6.07, 6.45) is 30.2. The first-order valence-corrected chi connectivity index (χ1v) is 23.7. The zero-order valence-corrected chi connectivity index (χ0v) is 36.0. The molecule has 12 heteroatoms. The largest absolute Gasteiger partial charge is 0.465 e. The van der Waals surface area contributed by atoms with Gasteiger partial charge in [0.1, 0.15) is 17.5 Å². The van der Waals surface area contributed by atoms with Crippen molar-refractivity contribution >= 4 is 11.9 Å². The van der Waals surface area contributed by atoms with E-state index in [9.17, 15) is 14.7 Å². The third kappa shape index (κ3) is 13.4. The predicted octanol–water partition coefficient (Wildman–Crippen LogP) is 4.92. The molecule has 4 saturated heterocycles. The summed E-state index contributed by atoms with van der Waals surface area (Å²) < 4.78 is 19.8. The molecule has 4 fully saturated rings. The van der Waals surface area contributed by atoms with Crippen LogP contribution < -0.4 is 27.0 Å². The Bertz CT molecular complexity index is 1230. The molecule has 57 heavy (non-hydrogen) atoms. The maximum atomic E-state index is 14.1. The van der Waals surface area contributed by atoms with Crippen LogP contribution in [0.5, 0.6) is 0 Å². The molecule has 5 aliphatic rings. The number of ether oxygens (including phenoxy) is 3. The monoisotopic (exact) mass is 804 g/mol. The van der Waals surface area contributed by atoms with Crippen LogP contribution in [0.3, 0.4) is 0 Å². The Hall–Kier alpha value is -1.64. The maximum absolute atomic E-state index is 14.1. The number of allylic oxidation sites excluding steroid dienone is 1. The molecule has 2 spiro atoms. The minimum absolute atomic E-state index is 0.00644. The van der Waals surface area contributed by atoms with Crippen LogP contribution in [0.1, 0.15) is 174 Å². The van der Waals surface area contributed by atoms with Crippen LogP contribution >= 0.6 is 0 Å². The first kappa shape index (κ1) is 46.4. The van der Waals surface area contributed by atoms with E-state index in [0.717, 1.165) is 89.9 Å². The summed E-state index contributed by atoms with van der Waals surface area (Å²) in [6.45, 7) is 6.77. The van der Waals surface area contributed by atoms with Gasteiger partial charge < -0.3 is 40.6 Å². The number of carbonyl (C=O) groups is 2. The number of hydrogen-bond acceptors (Lipinski definition) is 10. The highest BCUT2D eigenvalue weighted by atomic mass is 16.6. The number of unbranched alkanes of at least 4 members (excludes halogenated alkanes) is 12. The molecule has 0 aliphatic carbocycles. The molecule has 12 nitrogen and oxygen atoms in total. The molecule has 328 valence electrons. The summed E-state index contributed by atoms with van der Waals surface area (Å²) in [5, 5.41) is 18.0. The van der Waals surface area contributed by atoms with Crippen molar-refractivity contribution in [1.82, 2.24) is 15.5 Å². The van der Waals surface area contributed by atoms with Crippen LogP contribution in [-0.4, -0.2) is 103 Å². The summed E-state index contributed by atoms with van der Waals surface area (Å²) in [5.41, 5.74) is 10.2. The molecule has 0 aromatic carbocycles. The topological polar surface area (TPSA) is 166 Å². The number of hydrogen-bond donors (Lipinski definition) is 6. The van der Waals surface area contributed by atoms with Gasteiger partial charge >= 0.3 is 5.97 Å². The molecule has 2 unspecified atom stereocenters. The van der Waals surface area contributed by atoms with Gasteiger partial charge in [-0.2, -0.15) is 0 Å². The minimum atomic E-state index is -0.704. The number of nitrogens with one attached hydrogen (secondary N) is 3. The molecule has 8 N–H and O–H groups in total. The summed E-state index contributed by atoms with van der Waals surface area (Å²) >= 11 is 0. The summed E-state index contributed by atoms with van der Waals surface area (Å²) in [6, 6.07) is 0.631. The Balaban J connectivity index is 0.931. The highest BCUT2D eigenvalue weighted by molar-refractivity contribution is 5.76. The number of quaternary nitrogens is 1. The second-order valence-electron chi connectivity index (χ2n) is 18.2. The fourth-order valence-corrected chi connectivity index (χ4v) is 10.8. The first-order chi connectivity index (χ1) is 27.7. The van der Waals surface area contributed by atoms with E-state index in [1.165, 1.54) is 62.7 Å². The summed E-state index contributed by atoms with van der Waals surface area (Å²) in [5.74, 6) is -0.243. The van der Waals surface area contributed by atoms with Gasteiger partial charge in [0.2, 0.25) is 12.2 Å². The highest BCUT2D eigenvalue weighted by Crippen LogP contribution is 2.42. The quantitative estimate of drug-likeness (QED) is 0.0424. The van der Waals surface area contributed by atoms with E-state index in [4.69, 9.17) is 25.7 Å². The fourth-order valence-electron chi connectivity index (χ4n) is 10.8. The third-order valence-electron chi connectivity index (χ3n) is 13.7. The Morgan fingerprint density at radius 1 is 0.912 bits per heavy atom. The lowest BCUT2D eigenvalue weighted by molar-refractivity contribution is -0.985. The Morgan fingerprint density at radius 3 is 2.28 bits per heavy atom. The lowest BCUT2D eigenvalue weighted by Crippen LogP contribution is -3.29. The number of amides is 1. The Kier molecular flexibility index (Phi) is 19.5. The molecule has 0 radical (unpaired) electrons. The van der Waals surface area contributed by atoms with Gasteiger partial charge in [0.15, 0.2) is 5.92 Å². The van der Waals surface area contributed by atoms with E-state index in [2.05, 4.69) is 36.6 Å². The van der Waals surface area contributed by atoms with Crippen molar-refractivity contribution in [1.29, 1.82) is 0 Å². The van der Waals surface area contributed by atoms with Gasteiger partial charge in [-0.3, -0.25) is 9.59 Å². The van der Waals surface area contributed by atoms with E-state index < -0.39 is 11.8 Å². The summed E-state index contributed by atoms with van der Waals surface area (Å²) in [4.78, 5) is 30.0. The van der Waals surface area contributed by atoms with Crippen molar-refractivity contribution < 1.29 is 33.8 Å². The number of rotatable bonds is 25. The van der Waals surface area contributed by atoms with Crippen LogP contribution in [0, 0.1) is 5.92 Å². The minimum Gasteiger partial charge on any atom is -0.465 e. The van der Waals surface area contributed by atoms with Crippen LogP contribution in [0.25, 0.3) is 0 Å². The molecule has 5 heterocycles. The van der Waals surface area contributed by atoms with Crippen molar-refractivity contribution in [2.75, 3.05) is 32.8 Å². The van der Waals surface area contributed by atoms with E-state index in [1.807, 2.05) is 0 Å². The first-order valence-electron chi connectivity index (χ1n) is 23.7. The van der Waals surface area contributed by atoms with Gasteiger partial charge in [0.25, 0.3) is 0 Å². The maximum Gasteiger partial charge on any atom is 0.319 e. The van der Waals surface area contributed by atoms with Gasteiger partial charge in [-0.25, -0.2) is 10.6 Å². The molecule has 10 atom stereocenters. The van der Waals surface area contributed by atoms with Crippen molar-refractivity contribution in [3.8, 4) is 0 Å². The van der Waals surface area contributed by atoms with Crippen molar-refractivity contribution in [3.63, 3.8) is 0 Å². The van der Waals surface area contributed by atoms with Gasteiger partial charge in [-0.15, -0.1) is 0 Å². The van der Waals surface area contributed by atoms with Gasteiger partial charge in [0.05, 0.1) is 31.0 Å². The van der Waals surface area contributed by atoms with Crippen LogP contribution in [0.2, 0.25) is 0 Å². The predicted molar refractivity (Wildman–Crippen MR) is 225 cm³/mol. The molecule has 0 saturated carbocycles. The van der Waals surface area contributed by atoms with Crippen molar-refractivity contribution in [3.05, 3.63) is 12.2 Å². The molecule has 5 rings (SSSR count). The standard InChI is InChI=1S/C45H82N6O6/c1-3-38-22-16-17-27-44(57-38)33-36-24-25-39-41(45(28-19-21-35(2)56-45)49-43(48-44)51(36)39)42(54)55-32-18-14-12-10-8-6-4-5-7-9-11-13-15-23-40(53)50(31-20-29-46)34-37(52)26-30-47/h16,22,35-39,41,43,48-49,52H,3-15,17-21,23-34,46-47H2,1-2H3/p+1/t35-,36+,37+,38+,39-,41-,43?,44+,45-/m1/s1. The number of aliphatic hydroxyl groups is 1. The molecule has 0 bridgehead atoms. The van der Waals surface area contributed by atoms with E-state index >= 15 is 0 Å². The normalized spacial score (nSPS) is 32.6. The third-order valence-corrected chi connectivity index (χ3v) is 13.7. The van der Waals surface area contributed by atoms with Crippen LogP contribution in [-0.2, 0) is 23.8 Å².